The molecule has 184 valence electrons. The molecule has 0 unspecified atom stereocenters. The van der Waals surface area contributed by atoms with E-state index in [1.54, 1.807) is 18.2 Å². The van der Waals surface area contributed by atoms with Crippen molar-refractivity contribution in [1.82, 2.24) is 14.5 Å². The van der Waals surface area contributed by atoms with Gasteiger partial charge in [0.05, 0.1) is 11.3 Å². The van der Waals surface area contributed by atoms with Crippen LogP contribution in [-0.4, -0.2) is 21.8 Å². The van der Waals surface area contributed by atoms with Crippen LogP contribution in [0.1, 0.15) is 41.3 Å². The third kappa shape index (κ3) is 5.08. The maximum atomic E-state index is 13.2. The first-order valence-corrected chi connectivity index (χ1v) is 10.9. The van der Waals surface area contributed by atoms with Crippen molar-refractivity contribution >= 4 is 5.91 Å². The Kier molecular flexibility index (Phi) is 6.68. The summed E-state index contributed by atoms with van der Waals surface area (Å²) in [5.74, 6) is 0.336. The fourth-order valence-electron chi connectivity index (χ4n) is 3.62. The maximum Gasteiger partial charge on any atom is 0.416 e. The molecule has 0 bridgehead atoms. The molecule has 0 saturated heterocycles. The molecule has 1 amide bonds. The van der Waals surface area contributed by atoms with E-state index in [1.807, 2.05) is 6.92 Å². The number of carbonyl (C=O) groups excluding carboxylic acids is 1. The Morgan fingerprint density at radius 1 is 1.09 bits per heavy atom. The predicted octanol–water partition coefficient (Wildman–Crippen LogP) is 3.48. The van der Waals surface area contributed by atoms with Crippen LogP contribution in [0.15, 0.2) is 58.3 Å². The number of alkyl halides is 3. The van der Waals surface area contributed by atoms with Gasteiger partial charge >= 0.3 is 11.9 Å². The number of aryl methyl sites for hydroxylation is 1. The molecule has 8 nitrogen and oxygen atoms in total. The highest BCUT2D eigenvalue weighted by atomic mass is 19.4. The molecule has 2 aromatic carbocycles. The van der Waals surface area contributed by atoms with Crippen molar-refractivity contribution in [2.24, 2.45) is 0 Å². The molecule has 4 rings (SSSR count). The lowest BCUT2D eigenvalue weighted by molar-refractivity contribution is -0.137. The van der Waals surface area contributed by atoms with Crippen molar-refractivity contribution in [2.75, 3.05) is 6.79 Å². The quantitative estimate of drug-likeness (QED) is 0.549. The van der Waals surface area contributed by atoms with E-state index in [1.165, 1.54) is 10.6 Å². The molecular formula is C24H22F3N3O5. The summed E-state index contributed by atoms with van der Waals surface area (Å²) in [5, 5.41) is 2.62. The number of halogens is 3. The predicted molar refractivity (Wildman–Crippen MR) is 120 cm³/mol. The van der Waals surface area contributed by atoms with Gasteiger partial charge in [0.25, 0.3) is 11.5 Å². The van der Waals surface area contributed by atoms with Crippen LogP contribution in [0.3, 0.4) is 0 Å². The number of fused-ring (bicyclic) bond motifs is 1. The van der Waals surface area contributed by atoms with Gasteiger partial charge in [-0.2, -0.15) is 13.2 Å². The number of aromatic nitrogens is 2. The number of amides is 1. The Morgan fingerprint density at radius 3 is 2.60 bits per heavy atom. The molecular weight excluding hydrogens is 467 g/mol. The lowest BCUT2D eigenvalue weighted by Crippen LogP contribution is -2.43. The lowest BCUT2D eigenvalue weighted by Gasteiger charge is -2.14. The zero-order valence-electron chi connectivity index (χ0n) is 18.7. The van der Waals surface area contributed by atoms with Gasteiger partial charge in [0.2, 0.25) is 6.79 Å². The Labute approximate surface area is 197 Å². The van der Waals surface area contributed by atoms with Gasteiger partial charge in [0, 0.05) is 19.3 Å². The minimum atomic E-state index is -4.67. The molecule has 0 spiro atoms. The van der Waals surface area contributed by atoms with Crippen LogP contribution >= 0.6 is 0 Å². The average Bonchev–Trinajstić information content (AvgIpc) is 3.30. The van der Waals surface area contributed by atoms with Gasteiger partial charge in [0.15, 0.2) is 11.5 Å². The summed E-state index contributed by atoms with van der Waals surface area (Å²) in [7, 11) is 0. The van der Waals surface area contributed by atoms with Crippen LogP contribution in [0.25, 0.3) is 5.69 Å². The van der Waals surface area contributed by atoms with E-state index in [9.17, 15) is 27.6 Å². The first kappa shape index (κ1) is 24.1. The second kappa shape index (κ2) is 9.69. The zero-order chi connectivity index (χ0) is 25.2. The molecule has 1 aromatic heterocycles. The van der Waals surface area contributed by atoms with Crippen LogP contribution < -0.4 is 26.0 Å². The van der Waals surface area contributed by atoms with Gasteiger partial charge in [-0.1, -0.05) is 25.5 Å². The van der Waals surface area contributed by atoms with Crippen LogP contribution in [0.4, 0.5) is 13.2 Å². The second-order valence-corrected chi connectivity index (χ2v) is 7.93. The molecule has 0 radical (unpaired) electrons. The summed E-state index contributed by atoms with van der Waals surface area (Å²) in [6.07, 6.45) is -2.22. The van der Waals surface area contributed by atoms with Gasteiger partial charge in [-0.05, 0) is 42.3 Å². The second-order valence-electron chi connectivity index (χ2n) is 7.93. The molecule has 0 fully saturated rings. The summed E-state index contributed by atoms with van der Waals surface area (Å²) in [6.45, 7) is 2.23. The van der Waals surface area contributed by atoms with E-state index in [0.717, 1.165) is 24.8 Å². The fraction of sp³-hybridized carbons (Fsp3) is 0.292. The van der Waals surface area contributed by atoms with Crippen LogP contribution in [0.2, 0.25) is 0 Å². The summed E-state index contributed by atoms with van der Waals surface area (Å²) < 4.78 is 52.0. The molecule has 0 atom stereocenters. The van der Waals surface area contributed by atoms with Crippen molar-refractivity contribution < 1.29 is 27.4 Å². The third-order valence-corrected chi connectivity index (χ3v) is 5.47. The van der Waals surface area contributed by atoms with E-state index in [0.29, 0.717) is 34.1 Å². The molecule has 1 N–H and O–H groups in total. The molecule has 35 heavy (non-hydrogen) atoms. The number of nitrogens with one attached hydrogen (secondary N) is 1. The molecule has 0 saturated carbocycles. The highest BCUT2D eigenvalue weighted by Crippen LogP contribution is 2.32. The number of nitrogens with zero attached hydrogens (tertiary/aromatic N) is 2. The topological polar surface area (TPSA) is 91.6 Å². The van der Waals surface area contributed by atoms with Crippen molar-refractivity contribution in [1.29, 1.82) is 0 Å². The highest BCUT2D eigenvalue weighted by Gasteiger charge is 2.31. The van der Waals surface area contributed by atoms with E-state index in [2.05, 4.69) is 5.32 Å². The monoisotopic (exact) mass is 489 g/mol. The highest BCUT2D eigenvalue weighted by molar-refractivity contribution is 5.93. The van der Waals surface area contributed by atoms with E-state index < -0.39 is 28.9 Å². The Morgan fingerprint density at radius 2 is 1.86 bits per heavy atom. The van der Waals surface area contributed by atoms with E-state index in [4.69, 9.17) is 9.47 Å². The molecule has 11 heteroatoms. The minimum Gasteiger partial charge on any atom is -0.454 e. The smallest absolute Gasteiger partial charge is 0.416 e. The molecule has 3 aromatic rings. The lowest BCUT2D eigenvalue weighted by atomic mass is 10.2. The molecule has 1 aliphatic rings. The van der Waals surface area contributed by atoms with Crippen LogP contribution in [-0.2, 0) is 19.3 Å². The molecule has 2 heterocycles. The first-order valence-electron chi connectivity index (χ1n) is 10.9. The van der Waals surface area contributed by atoms with Crippen molar-refractivity contribution in [3.63, 3.8) is 0 Å². The van der Waals surface area contributed by atoms with E-state index in [-0.39, 0.29) is 31.1 Å². The first-order chi connectivity index (χ1) is 16.7. The SMILES string of the molecule is CCCCn1cc(C(=O)NCc2ccc3c(c2)OCO3)c(=O)n(-c2cccc(C(F)(F)F)c2)c1=O. The Bertz CT molecular complexity index is 1380. The fourth-order valence-corrected chi connectivity index (χ4v) is 3.62. The number of benzene rings is 2. The van der Waals surface area contributed by atoms with Gasteiger partial charge < -0.3 is 14.8 Å². The third-order valence-electron chi connectivity index (χ3n) is 5.47. The van der Waals surface area contributed by atoms with Crippen molar-refractivity contribution in [3.8, 4) is 17.2 Å². The normalized spacial score (nSPS) is 12.6. The van der Waals surface area contributed by atoms with Crippen LogP contribution in [0, 0.1) is 0 Å². The maximum absolute atomic E-state index is 13.2. The summed E-state index contributed by atoms with van der Waals surface area (Å²) in [6, 6.07) is 8.97. The molecule has 0 aliphatic carbocycles. The largest absolute Gasteiger partial charge is 0.454 e. The number of hydrogen-bond donors (Lipinski definition) is 1. The standard InChI is InChI=1S/C24H22F3N3O5/c1-2-3-9-29-13-18(21(31)28-12-15-7-8-19-20(10-15)35-14-34-19)22(32)30(23(29)33)17-6-4-5-16(11-17)24(25,26)27/h4-8,10-11,13H,2-3,9,12,14H2,1H3,(H,28,31). The zero-order valence-corrected chi connectivity index (χ0v) is 18.7. The van der Waals surface area contributed by atoms with Gasteiger partial charge in [-0.15, -0.1) is 0 Å². The van der Waals surface area contributed by atoms with Crippen molar-refractivity contribution in [3.05, 3.63) is 86.2 Å². The number of unbranched alkanes of at least 4 members (excludes halogenated alkanes) is 1. The average molecular weight is 489 g/mol. The Balaban J connectivity index is 1.71. The van der Waals surface area contributed by atoms with E-state index >= 15 is 0 Å². The Hall–Kier alpha value is -4.02. The number of hydrogen-bond acceptors (Lipinski definition) is 5. The van der Waals surface area contributed by atoms with Crippen molar-refractivity contribution in [2.45, 2.75) is 39.0 Å². The summed E-state index contributed by atoms with van der Waals surface area (Å²) in [4.78, 5) is 39.1. The van der Waals surface area contributed by atoms with Gasteiger partial charge in [0.1, 0.15) is 5.56 Å². The van der Waals surface area contributed by atoms with Crippen LogP contribution in [0.5, 0.6) is 11.5 Å². The summed E-state index contributed by atoms with van der Waals surface area (Å²) in [5.41, 5.74) is -2.80. The number of ether oxygens (including phenoxy) is 2. The number of carbonyl (C=O) groups is 1. The minimum absolute atomic E-state index is 0.0482. The number of rotatable bonds is 7. The van der Waals surface area contributed by atoms with Gasteiger partial charge in [-0.25, -0.2) is 9.36 Å². The molecule has 1 aliphatic heterocycles. The summed E-state index contributed by atoms with van der Waals surface area (Å²) >= 11 is 0. The van der Waals surface area contributed by atoms with Gasteiger partial charge in [-0.3, -0.25) is 14.2 Å².